The number of carboxylic acids is 1. The van der Waals surface area contributed by atoms with Gasteiger partial charge in [0, 0.05) is 18.9 Å². The van der Waals surface area contributed by atoms with E-state index in [0.717, 1.165) is 25.2 Å². The number of pyridine rings is 1. The molecule has 0 radical (unpaired) electrons. The maximum absolute atomic E-state index is 11.4. The maximum Gasteiger partial charge on any atom is 0.309 e. The van der Waals surface area contributed by atoms with Crippen LogP contribution in [0.5, 0.6) is 0 Å². The number of aliphatic carboxylic acids is 1. The minimum absolute atomic E-state index is 0.529. The third-order valence-corrected chi connectivity index (χ3v) is 4.53. The van der Waals surface area contributed by atoms with Crippen LogP contribution in [-0.2, 0) is 11.3 Å². The molecule has 0 atom stereocenters. The summed E-state index contributed by atoms with van der Waals surface area (Å²) in [5.41, 5.74) is 0.523. The molecule has 2 heterocycles. The van der Waals surface area contributed by atoms with Crippen molar-refractivity contribution < 1.29 is 9.90 Å². The smallest absolute Gasteiger partial charge is 0.309 e. The first kappa shape index (κ1) is 14.3. The van der Waals surface area contributed by atoms with E-state index in [1.807, 2.05) is 13.0 Å². The molecule has 1 aromatic rings. The van der Waals surface area contributed by atoms with E-state index in [1.165, 1.54) is 0 Å². The zero-order valence-electron chi connectivity index (χ0n) is 11.1. The van der Waals surface area contributed by atoms with Crippen molar-refractivity contribution in [2.75, 3.05) is 13.1 Å². The number of halogens is 1. The van der Waals surface area contributed by atoms with Crippen LogP contribution in [0.25, 0.3) is 0 Å². The van der Waals surface area contributed by atoms with E-state index in [2.05, 4.69) is 9.88 Å². The van der Waals surface area contributed by atoms with Crippen LogP contribution in [0.15, 0.2) is 18.5 Å². The largest absolute Gasteiger partial charge is 0.481 e. The maximum atomic E-state index is 11.4. The fraction of sp³-hybridized carbons (Fsp3) is 0.571. The van der Waals surface area contributed by atoms with E-state index in [9.17, 15) is 9.90 Å². The molecular formula is C14H19ClN2O2. The lowest BCUT2D eigenvalue weighted by Gasteiger charge is -2.38. The lowest BCUT2D eigenvalue weighted by Crippen LogP contribution is -2.43. The van der Waals surface area contributed by atoms with Gasteiger partial charge in [-0.3, -0.25) is 14.7 Å². The predicted octanol–water partition coefficient (Wildman–Crippen LogP) is 2.81. The summed E-state index contributed by atoms with van der Waals surface area (Å²) in [6, 6.07) is 1.92. The molecule has 1 aliphatic heterocycles. The standard InChI is InChI=1S/C14H19ClN2O2/c1-2-14(13(18)19)4-7-17(8-5-14)10-11-3-6-16-9-12(11)15/h3,6,9H,2,4-5,7-8,10H2,1H3,(H,18,19). The van der Waals surface area contributed by atoms with E-state index in [4.69, 9.17) is 11.6 Å². The van der Waals surface area contributed by atoms with Crippen molar-refractivity contribution in [3.05, 3.63) is 29.0 Å². The quantitative estimate of drug-likeness (QED) is 0.923. The summed E-state index contributed by atoms with van der Waals surface area (Å²) in [6.45, 7) is 4.34. The summed E-state index contributed by atoms with van der Waals surface area (Å²) in [5.74, 6) is -0.656. The molecule has 0 aliphatic carbocycles. The summed E-state index contributed by atoms with van der Waals surface area (Å²) in [6.07, 6.45) is 5.50. The number of hydrogen-bond donors (Lipinski definition) is 1. The lowest BCUT2D eigenvalue weighted by molar-refractivity contribution is -0.152. The zero-order valence-corrected chi connectivity index (χ0v) is 11.9. The molecule has 0 aromatic carbocycles. The Morgan fingerprint density at radius 2 is 2.21 bits per heavy atom. The number of carboxylic acid groups (broad SMARTS) is 1. The Hall–Kier alpha value is -1.13. The van der Waals surface area contributed by atoms with Gasteiger partial charge in [0.15, 0.2) is 0 Å². The number of rotatable bonds is 4. The number of likely N-dealkylation sites (tertiary alicyclic amines) is 1. The highest BCUT2D eigenvalue weighted by Crippen LogP contribution is 2.35. The monoisotopic (exact) mass is 282 g/mol. The van der Waals surface area contributed by atoms with E-state index < -0.39 is 11.4 Å². The highest BCUT2D eigenvalue weighted by Gasteiger charge is 2.39. The van der Waals surface area contributed by atoms with E-state index in [-0.39, 0.29) is 0 Å². The molecule has 1 N–H and O–H groups in total. The SMILES string of the molecule is CCC1(C(=O)O)CCN(Cc2ccncc2Cl)CC1. The van der Waals surface area contributed by atoms with Crippen molar-refractivity contribution in [2.24, 2.45) is 5.41 Å². The molecule has 0 unspecified atom stereocenters. The Labute approximate surface area is 118 Å². The van der Waals surface area contributed by atoms with Crippen LogP contribution >= 0.6 is 11.6 Å². The second kappa shape index (κ2) is 5.88. The van der Waals surface area contributed by atoms with Crippen molar-refractivity contribution in [3.8, 4) is 0 Å². The van der Waals surface area contributed by atoms with Crippen molar-refractivity contribution in [1.29, 1.82) is 0 Å². The first-order valence-electron chi connectivity index (χ1n) is 6.61. The first-order chi connectivity index (χ1) is 9.07. The second-order valence-corrected chi connectivity index (χ2v) is 5.59. The fourth-order valence-electron chi connectivity index (χ4n) is 2.63. The molecule has 1 aliphatic rings. The van der Waals surface area contributed by atoms with Crippen LogP contribution in [0.3, 0.4) is 0 Å². The molecule has 1 saturated heterocycles. The Kier molecular flexibility index (Phi) is 4.42. The van der Waals surface area contributed by atoms with Crippen LogP contribution in [0, 0.1) is 5.41 Å². The van der Waals surface area contributed by atoms with Gasteiger partial charge in [-0.05, 0) is 44.0 Å². The third kappa shape index (κ3) is 3.07. The topological polar surface area (TPSA) is 53.4 Å². The molecule has 104 valence electrons. The van der Waals surface area contributed by atoms with Gasteiger partial charge < -0.3 is 5.11 Å². The summed E-state index contributed by atoms with van der Waals surface area (Å²) in [4.78, 5) is 17.6. The van der Waals surface area contributed by atoms with Gasteiger partial charge in [0.1, 0.15) is 0 Å². The summed E-state index contributed by atoms with van der Waals surface area (Å²) >= 11 is 6.09. The molecule has 1 fully saturated rings. The molecule has 19 heavy (non-hydrogen) atoms. The lowest BCUT2D eigenvalue weighted by atomic mass is 9.76. The molecule has 1 aromatic heterocycles. The van der Waals surface area contributed by atoms with Crippen LogP contribution in [0.1, 0.15) is 31.7 Å². The molecule has 0 amide bonds. The summed E-state index contributed by atoms with van der Waals surface area (Å²) in [7, 11) is 0. The van der Waals surface area contributed by atoms with Crippen molar-refractivity contribution in [1.82, 2.24) is 9.88 Å². The normalized spacial score (nSPS) is 19.3. The van der Waals surface area contributed by atoms with E-state index in [1.54, 1.807) is 12.4 Å². The molecule has 5 heteroatoms. The van der Waals surface area contributed by atoms with Crippen LogP contribution in [0.2, 0.25) is 5.02 Å². The van der Waals surface area contributed by atoms with E-state index in [0.29, 0.717) is 24.3 Å². The zero-order chi connectivity index (χ0) is 13.9. The number of piperidine rings is 1. The predicted molar refractivity (Wildman–Crippen MR) is 74.1 cm³/mol. The van der Waals surface area contributed by atoms with Crippen LogP contribution < -0.4 is 0 Å². The average molecular weight is 283 g/mol. The Balaban J connectivity index is 1.97. The van der Waals surface area contributed by atoms with Gasteiger partial charge in [-0.2, -0.15) is 0 Å². The number of carbonyl (C=O) groups is 1. The van der Waals surface area contributed by atoms with Gasteiger partial charge in [0.25, 0.3) is 0 Å². The fourth-order valence-corrected chi connectivity index (χ4v) is 2.81. The average Bonchev–Trinajstić information content (AvgIpc) is 2.42. The van der Waals surface area contributed by atoms with E-state index >= 15 is 0 Å². The minimum Gasteiger partial charge on any atom is -0.481 e. The molecule has 0 spiro atoms. The van der Waals surface area contributed by atoms with Crippen LogP contribution in [0.4, 0.5) is 0 Å². The highest BCUT2D eigenvalue weighted by atomic mass is 35.5. The van der Waals surface area contributed by atoms with Gasteiger partial charge in [-0.25, -0.2) is 0 Å². The van der Waals surface area contributed by atoms with Crippen LogP contribution in [-0.4, -0.2) is 34.0 Å². The highest BCUT2D eigenvalue weighted by molar-refractivity contribution is 6.31. The van der Waals surface area contributed by atoms with Crippen molar-refractivity contribution in [3.63, 3.8) is 0 Å². The van der Waals surface area contributed by atoms with Gasteiger partial charge in [-0.15, -0.1) is 0 Å². The number of nitrogens with zero attached hydrogens (tertiary/aromatic N) is 2. The minimum atomic E-state index is -0.656. The molecule has 0 saturated carbocycles. The number of aromatic nitrogens is 1. The van der Waals surface area contributed by atoms with Gasteiger partial charge in [-0.1, -0.05) is 18.5 Å². The van der Waals surface area contributed by atoms with Crippen molar-refractivity contribution >= 4 is 17.6 Å². The first-order valence-corrected chi connectivity index (χ1v) is 6.99. The van der Waals surface area contributed by atoms with Gasteiger partial charge in [0.05, 0.1) is 10.4 Å². The Bertz CT molecular complexity index is 457. The molecule has 2 rings (SSSR count). The molecule has 4 nitrogen and oxygen atoms in total. The molecular weight excluding hydrogens is 264 g/mol. The third-order valence-electron chi connectivity index (χ3n) is 4.19. The van der Waals surface area contributed by atoms with Crippen molar-refractivity contribution in [2.45, 2.75) is 32.7 Å². The van der Waals surface area contributed by atoms with Gasteiger partial charge >= 0.3 is 5.97 Å². The summed E-state index contributed by atoms with van der Waals surface area (Å²) in [5, 5.41) is 10.0. The second-order valence-electron chi connectivity index (χ2n) is 5.18. The van der Waals surface area contributed by atoms with Gasteiger partial charge in [0.2, 0.25) is 0 Å². The number of hydrogen-bond acceptors (Lipinski definition) is 3. The molecule has 0 bridgehead atoms. The Morgan fingerprint density at radius 3 is 2.74 bits per heavy atom. The summed E-state index contributed by atoms with van der Waals surface area (Å²) < 4.78 is 0. The Morgan fingerprint density at radius 1 is 1.53 bits per heavy atom.